The molecule has 0 saturated heterocycles. The Bertz CT molecular complexity index is 880. The number of hydrogen-bond acceptors (Lipinski definition) is 5. The van der Waals surface area contributed by atoms with Crippen molar-refractivity contribution < 1.29 is 28.0 Å². The molecule has 3 atom stereocenters. The van der Waals surface area contributed by atoms with Gasteiger partial charge in [0.25, 0.3) is 10.1 Å². The molecule has 0 radical (unpaired) electrons. The number of unbranched alkanes of at least 4 members (excludes halogenated alkanes) is 29. The lowest BCUT2D eigenvalue weighted by Crippen LogP contribution is -2.50. The van der Waals surface area contributed by atoms with Crippen molar-refractivity contribution in [2.45, 2.75) is 250 Å². The summed E-state index contributed by atoms with van der Waals surface area (Å²) in [6, 6.07) is -1.15. The molecule has 304 valence electrons. The molecular formula is C43H85NO6S. The summed E-state index contributed by atoms with van der Waals surface area (Å²) in [7, 11) is -4.41. The van der Waals surface area contributed by atoms with Crippen LogP contribution in [-0.4, -0.2) is 53.1 Å². The van der Waals surface area contributed by atoms with Crippen molar-refractivity contribution in [3.05, 3.63) is 12.2 Å². The Morgan fingerprint density at radius 1 is 0.510 bits per heavy atom. The first kappa shape index (κ1) is 50.0. The summed E-state index contributed by atoms with van der Waals surface area (Å²) in [4.78, 5) is 12.6. The predicted molar refractivity (Wildman–Crippen MR) is 218 cm³/mol. The average molecular weight is 744 g/mol. The second kappa shape index (κ2) is 37.4. The molecule has 0 aromatic carbocycles. The van der Waals surface area contributed by atoms with E-state index in [0.717, 1.165) is 51.4 Å². The first-order valence-corrected chi connectivity index (χ1v) is 23.6. The Balaban J connectivity index is 3.91. The van der Waals surface area contributed by atoms with Gasteiger partial charge in [-0.1, -0.05) is 206 Å². The first-order valence-electron chi connectivity index (χ1n) is 22.0. The number of hydrogen-bond donors (Lipinski definition) is 4. The fraction of sp³-hybridized carbons (Fsp3) is 0.930. The summed E-state index contributed by atoms with van der Waals surface area (Å²) in [5, 5.41) is 23.6. The van der Waals surface area contributed by atoms with E-state index in [1.54, 1.807) is 0 Å². The molecule has 0 aliphatic carbocycles. The minimum Gasteiger partial charge on any atom is -0.391 e. The monoisotopic (exact) mass is 744 g/mol. The highest BCUT2D eigenvalue weighted by Gasteiger charge is 2.28. The molecule has 0 heterocycles. The van der Waals surface area contributed by atoms with Gasteiger partial charge in [0.15, 0.2) is 0 Å². The van der Waals surface area contributed by atoms with Gasteiger partial charge in [-0.2, -0.15) is 8.42 Å². The Morgan fingerprint density at radius 2 is 0.824 bits per heavy atom. The molecule has 7 nitrogen and oxygen atoms in total. The van der Waals surface area contributed by atoms with Crippen LogP contribution in [0.15, 0.2) is 12.2 Å². The molecule has 1 amide bonds. The third kappa shape index (κ3) is 37.2. The zero-order valence-corrected chi connectivity index (χ0v) is 34.4. The highest BCUT2D eigenvalue weighted by Crippen LogP contribution is 2.17. The topological polar surface area (TPSA) is 124 Å². The summed E-state index contributed by atoms with van der Waals surface area (Å²) in [5.74, 6) is -1.45. The molecule has 0 aliphatic rings. The standard InChI is InChI=1S/C43H85NO6S/c1-3-5-7-9-11-13-15-17-19-20-21-22-23-24-26-27-29-31-33-35-37-41(45)40(39-51(48,49)50)44-43(47)42(46)38-36-34-32-30-28-25-18-16-14-12-10-8-6-4-2/h14,16,40-42,45-46H,3-13,15,17-39H2,1-2H3,(H,44,47)(H,48,49,50)/b16-14-. The molecule has 0 aromatic rings. The van der Waals surface area contributed by atoms with Gasteiger partial charge < -0.3 is 15.5 Å². The minimum absolute atomic E-state index is 0.292. The molecule has 0 rings (SSSR count). The maximum absolute atomic E-state index is 12.6. The van der Waals surface area contributed by atoms with Gasteiger partial charge in [-0.3, -0.25) is 9.35 Å². The van der Waals surface area contributed by atoms with Crippen molar-refractivity contribution in [2.24, 2.45) is 0 Å². The fourth-order valence-electron chi connectivity index (χ4n) is 6.93. The highest BCUT2D eigenvalue weighted by molar-refractivity contribution is 7.85. The van der Waals surface area contributed by atoms with Crippen molar-refractivity contribution in [3.63, 3.8) is 0 Å². The molecule has 0 fully saturated rings. The van der Waals surface area contributed by atoms with E-state index in [-0.39, 0.29) is 0 Å². The van der Waals surface area contributed by atoms with Crippen molar-refractivity contribution >= 4 is 16.0 Å². The van der Waals surface area contributed by atoms with Crippen LogP contribution in [0, 0.1) is 0 Å². The number of carbonyl (C=O) groups excluding carboxylic acids is 1. The Kier molecular flexibility index (Phi) is 36.7. The summed E-state index contributed by atoms with van der Waals surface area (Å²) >= 11 is 0. The number of rotatable bonds is 40. The van der Waals surface area contributed by atoms with E-state index < -0.39 is 40.0 Å². The third-order valence-corrected chi connectivity index (χ3v) is 11.1. The third-order valence-electron chi connectivity index (χ3n) is 10.3. The van der Waals surface area contributed by atoms with Crippen LogP contribution in [0.1, 0.15) is 232 Å². The smallest absolute Gasteiger partial charge is 0.266 e. The second-order valence-corrected chi connectivity index (χ2v) is 17.0. The first-order chi connectivity index (χ1) is 24.7. The molecule has 51 heavy (non-hydrogen) atoms. The maximum atomic E-state index is 12.6. The summed E-state index contributed by atoms with van der Waals surface area (Å²) < 4.78 is 32.6. The molecule has 0 aromatic heterocycles. The Labute approximate surface area is 316 Å². The number of nitrogens with one attached hydrogen (secondary N) is 1. The van der Waals surface area contributed by atoms with E-state index in [1.807, 2.05) is 0 Å². The summed E-state index contributed by atoms with van der Waals surface area (Å²) in [5.41, 5.74) is 0. The van der Waals surface area contributed by atoms with Gasteiger partial charge >= 0.3 is 0 Å². The zero-order valence-electron chi connectivity index (χ0n) is 33.6. The lowest BCUT2D eigenvalue weighted by Gasteiger charge is -2.24. The lowest BCUT2D eigenvalue weighted by atomic mass is 10.0. The van der Waals surface area contributed by atoms with E-state index in [1.165, 1.54) is 148 Å². The zero-order chi connectivity index (χ0) is 37.7. The van der Waals surface area contributed by atoms with E-state index in [0.29, 0.717) is 19.3 Å². The van der Waals surface area contributed by atoms with Crippen molar-refractivity contribution in [2.75, 3.05) is 5.75 Å². The van der Waals surface area contributed by atoms with Gasteiger partial charge in [0.1, 0.15) is 6.10 Å². The fourth-order valence-corrected chi connectivity index (χ4v) is 7.69. The van der Waals surface area contributed by atoms with Gasteiger partial charge in [0.05, 0.1) is 17.9 Å². The van der Waals surface area contributed by atoms with E-state index >= 15 is 0 Å². The van der Waals surface area contributed by atoms with Crippen molar-refractivity contribution in [1.82, 2.24) is 5.32 Å². The van der Waals surface area contributed by atoms with Crippen LogP contribution in [0.3, 0.4) is 0 Å². The molecule has 0 aliphatic heterocycles. The van der Waals surface area contributed by atoms with Crippen LogP contribution in [0.4, 0.5) is 0 Å². The van der Waals surface area contributed by atoms with E-state index in [9.17, 15) is 28.0 Å². The van der Waals surface area contributed by atoms with Crippen LogP contribution in [0.2, 0.25) is 0 Å². The largest absolute Gasteiger partial charge is 0.391 e. The highest BCUT2D eigenvalue weighted by atomic mass is 32.2. The van der Waals surface area contributed by atoms with Crippen LogP contribution in [0.25, 0.3) is 0 Å². The number of amides is 1. The van der Waals surface area contributed by atoms with E-state index in [2.05, 4.69) is 31.3 Å². The normalized spacial score (nSPS) is 13.9. The Hall–Kier alpha value is -0.960. The summed E-state index contributed by atoms with van der Waals surface area (Å²) in [6.45, 7) is 4.51. The van der Waals surface area contributed by atoms with Gasteiger partial charge in [-0.05, 0) is 38.5 Å². The number of carbonyl (C=O) groups is 1. The maximum Gasteiger partial charge on any atom is 0.266 e. The average Bonchev–Trinajstić information content (AvgIpc) is 3.09. The molecule has 0 spiro atoms. The lowest BCUT2D eigenvalue weighted by molar-refractivity contribution is -0.131. The van der Waals surface area contributed by atoms with Crippen LogP contribution < -0.4 is 5.32 Å². The van der Waals surface area contributed by atoms with Crippen LogP contribution in [0.5, 0.6) is 0 Å². The van der Waals surface area contributed by atoms with Gasteiger partial charge in [0, 0.05) is 0 Å². The quantitative estimate of drug-likeness (QED) is 0.0281. The number of allylic oxidation sites excluding steroid dienone is 2. The van der Waals surface area contributed by atoms with Gasteiger partial charge in [0.2, 0.25) is 5.91 Å². The summed E-state index contributed by atoms with van der Waals surface area (Å²) in [6.07, 6.45) is 42.3. The predicted octanol–water partition coefficient (Wildman–Crippen LogP) is 11.9. The van der Waals surface area contributed by atoms with Crippen molar-refractivity contribution in [3.8, 4) is 0 Å². The van der Waals surface area contributed by atoms with Crippen LogP contribution >= 0.6 is 0 Å². The van der Waals surface area contributed by atoms with Gasteiger partial charge in [-0.15, -0.1) is 0 Å². The SMILES string of the molecule is CCCCCC/C=C\CCCCCCCCC(O)C(=O)NC(CS(=O)(=O)O)C(O)CCCCCCCCCCCCCCCCCCCCCC. The molecule has 4 N–H and O–H groups in total. The van der Waals surface area contributed by atoms with Gasteiger partial charge in [-0.25, -0.2) is 0 Å². The van der Waals surface area contributed by atoms with Crippen molar-refractivity contribution in [1.29, 1.82) is 0 Å². The molecule has 0 saturated carbocycles. The van der Waals surface area contributed by atoms with E-state index in [4.69, 9.17) is 0 Å². The molecule has 3 unspecified atom stereocenters. The van der Waals surface area contributed by atoms with Crippen LogP contribution in [-0.2, 0) is 14.9 Å². The second-order valence-electron chi connectivity index (χ2n) is 15.5. The minimum atomic E-state index is -4.41. The molecular weight excluding hydrogens is 659 g/mol. The Morgan fingerprint density at radius 3 is 1.20 bits per heavy atom. The number of aliphatic hydroxyl groups is 2. The number of aliphatic hydroxyl groups excluding tert-OH is 2. The molecule has 8 heteroatoms. The molecule has 0 bridgehead atoms.